The van der Waals surface area contributed by atoms with Crippen LogP contribution in [0.4, 0.5) is 8.78 Å². The van der Waals surface area contributed by atoms with E-state index < -0.39 is 17.5 Å². The number of nitrogens with one attached hydrogen (secondary N) is 1. The van der Waals surface area contributed by atoms with Crippen LogP contribution >= 0.6 is 15.9 Å². The van der Waals surface area contributed by atoms with Crippen LogP contribution in [0.5, 0.6) is 0 Å². The molecule has 0 aliphatic rings. The number of halogens is 3. The molecular weight excluding hydrogens is 280 g/mol. The SMILES string of the molecule is CC(CCBr)NC(=O)c1ccc(F)c(F)c1. The fraction of sp³-hybridized carbons (Fsp3) is 0.364. The Balaban J connectivity index is 2.69. The molecule has 1 unspecified atom stereocenters. The van der Waals surface area contributed by atoms with E-state index in [0.717, 1.165) is 23.9 Å². The number of carbonyl (C=O) groups excluding carboxylic acids is 1. The van der Waals surface area contributed by atoms with E-state index in [9.17, 15) is 13.6 Å². The van der Waals surface area contributed by atoms with Gasteiger partial charge in [0.05, 0.1) is 0 Å². The fourth-order valence-corrected chi connectivity index (χ4v) is 1.87. The van der Waals surface area contributed by atoms with Gasteiger partial charge >= 0.3 is 0 Å². The van der Waals surface area contributed by atoms with Gasteiger partial charge in [-0.3, -0.25) is 4.79 Å². The Hall–Kier alpha value is -0.970. The van der Waals surface area contributed by atoms with Gasteiger partial charge in [0.1, 0.15) is 0 Å². The number of hydrogen-bond acceptors (Lipinski definition) is 1. The van der Waals surface area contributed by atoms with E-state index in [0.29, 0.717) is 0 Å². The van der Waals surface area contributed by atoms with Gasteiger partial charge in [-0.05, 0) is 31.5 Å². The minimum atomic E-state index is -1.01. The molecule has 2 nitrogen and oxygen atoms in total. The van der Waals surface area contributed by atoms with Crippen molar-refractivity contribution in [2.75, 3.05) is 5.33 Å². The normalized spacial score (nSPS) is 12.2. The van der Waals surface area contributed by atoms with Gasteiger partial charge in [0.25, 0.3) is 5.91 Å². The summed E-state index contributed by atoms with van der Waals surface area (Å²) in [7, 11) is 0. The van der Waals surface area contributed by atoms with Crippen molar-refractivity contribution in [3.05, 3.63) is 35.4 Å². The highest BCUT2D eigenvalue weighted by molar-refractivity contribution is 9.09. The second-order valence-electron chi connectivity index (χ2n) is 3.48. The van der Waals surface area contributed by atoms with Crippen molar-refractivity contribution >= 4 is 21.8 Å². The minimum absolute atomic E-state index is 0.0139. The van der Waals surface area contributed by atoms with E-state index in [1.807, 2.05) is 6.92 Å². The molecule has 0 aliphatic carbocycles. The largest absolute Gasteiger partial charge is 0.350 e. The number of carbonyl (C=O) groups is 1. The molecular formula is C11H12BrF2NO. The van der Waals surface area contributed by atoms with Crippen molar-refractivity contribution in [2.45, 2.75) is 19.4 Å². The highest BCUT2D eigenvalue weighted by Crippen LogP contribution is 2.09. The molecule has 1 atom stereocenters. The Kier molecular flexibility index (Phi) is 4.86. The second kappa shape index (κ2) is 5.94. The molecule has 1 aromatic carbocycles. The molecule has 1 rings (SSSR count). The first-order valence-corrected chi connectivity index (χ1v) is 5.98. The van der Waals surface area contributed by atoms with Crippen molar-refractivity contribution in [1.82, 2.24) is 5.32 Å². The summed E-state index contributed by atoms with van der Waals surface area (Å²) in [6.07, 6.45) is 0.773. The van der Waals surface area contributed by atoms with Gasteiger partial charge in [-0.25, -0.2) is 8.78 Å². The van der Waals surface area contributed by atoms with Crippen LogP contribution in [0.3, 0.4) is 0 Å². The highest BCUT2D eigenvalue weighted by atomic mass is 79.9. The van der Waals surface area contributed by atoms with Crippen molar-refractivity contribution in [3.8, 4) is 0 Å². The molecule has 1 amide bonds. The lowest BCUT2D eigenvalue weighted by atomic mass is 10.2. The summed E-state index contributed by atoms with van der Waals surface area (Å²) in [6, 6.07) is 3.08. The Labute approximate surface area is 101 Å². The number of amides is 1. The number of hydrogen-bond donors (Lipinski definition) is 1. The fourth-order valence-electron chi connectivity index (χ4n) is 1.18. The Morgan fingerprint density at radius 1 is 1.44 bits per heavy atom. The summed E-state index contributed by atoms with van der Waals surface area (Å²) in [5.74, 6) is -2.36. The molecule has 16 heavy (non-hydrogen) atoms. The topological polar surface area (TPSA) is 29.1 Å². The molecule has 0 bridgehead atoms. The van der Waals surface area contributed by atoms with Crippen LogP contribution < -0.4 is 5.32 Å². The van der Waals surface area contributed by atoms with Gasteiger partial charge in [-0.2, -0.15) is 0 Å². The Morgan fingerprint density at radius 3 is 2.69 bits per heavy atom. The lowest BCUT2D eigenvalue weighted by Crippen LogP contribution is -2.32. The smallest absolute Gasteiger partial charge is 0.251 e. The highest BCUT2D eigenvalue weighted by Gasteiger charge is 2.11. The predicted molar refractivity (Wildman–Crippen MR) is 61.7 cm³/mol. The van der Waals surface area contributed by atoms with Crippen molar-refractivity contribution in [3.63, 3.8) is 0 Å². The molecule has 1 N–H and O–H groups in total. The molecule has 0 fully saturated rings. The summed E-state index contributed by atoms with van der Waals surface area (Å²) < 4.78 is 25.5. The van der Waals surface area contributed by atoms with Gasteiger partial charge in [0.15, 0.2) is 11.6 Å². The average Bonchev–Trinajstić information content (AvgIpc) is 2.22. The van der Waals surface area contributed by atoms with E-state index in [2.05, 4.69) is 21.2 Å². The standard InChI is InChI=1S/C11H12BrF2NO/c1-7(4-5-12)15-11(16)8-2-3-9(13)10(14)6-8/h2-3,6-7H,4-5H2,1H3,(H,15,16). The van der Waals surface area contributed by atoms with Gasteiger partial charge in [0.2, 0.25) is 0 Å². The van der Waals surface area contributed by atoms with Gasteiger partial charge < -0.3 is 5.32 Å². The Bertz CT molecular complexity index is 384. The second-order valence-corrected chi connectivity index (χ2v) is 4.27. The van der Waals surface area contributed by atoms with Gasteiger partial charge in [-0.1, -0.05) is 15.9 Å². The average molecular weight is 292 g/mol. The Morgan fingerprint density at radius 2 is 2.12 bits per heavy atom. The van der Waals surface area contributed by atoms with Crippen molar-refractivity contribution < 1.29 is 13.6 Å². The number of benzene rings is 1. The summed E-state index contributed by atoms with van der Waals surface area (Å²) in [6.45, 7) is 1.85. The van der Waals surface area contributed by atoms with Crippen LogP contribution in [-0.4, -0.2) is 17.3 Å². The molecule has 0 aromatic heterocycles. The van der Waals surface area contributed by atoms with Crippen LogP contribution in [0, 0.1) is 11.6 Å². The molecule has 1 aromatic rings. The third-order valence-corrected chi connectivity index (χ3v) is 2.56. The van der Waals surface area contributed by atoms with E-state index in [4.69, 9.17) is 0 Å². The maximum atomic E-state index is 12.9. The molecule has 0 aliphatic heterocycles. The summed E-state index contributed by atoms with van der Waals surface area (Å²) in [4.78, 5) is 11.6. The van der Waals surface area contributed by atoms with Crippen LogP contribution in [-0.2, 0) is 0 Å². The molecule has 88 valence electrons. The number of rotatable bonds is 4. The molecule has 0 heterocycles. The zero-order valence-corrected chi connectivity index (χ0v) is 10.4. The molecule has 0 saturated carbocycles. The number of alkyl halides is 1. The van der Waals surface area contributed by atoms with Crippen LogP contribution in [0.15, 0.2) is 18.2 Å². The quantitative estimate of drug-likeness (QED) is 0.849. The molecule has 0 spiro atoms. The van der Waals surface area contributed by atoms with E-state index in [1.165, 1.54) is 6.07 Å². The molecule has 0 radical (unpaired) electrons. The van der Waals surface area contributed by atoms with Gasteiger partial charge in [-0.15, -0.1) is 0 Å². The first-order chi connectivity index (χ1) is 7.54. The third-order valence-electron chi connectivity index (χ3n) is 2.10. The van der Waals surface area contributed by atoms with E-state index >= 15 is 0 Å². The first-order valence-electron chi connectivity index (χ1n) is 4.86. The van der Waals surface area contributed by atoms with Crippen LogP contribution in [0.2, 0.25) is 0 Å². The zero-order valence-electron chi connectivity index (χ0n) is 8.77. The third kappa shape index (κ3) is 3.56. The minimum Gasteiger partial charge on any atom is -0.350 e. The van der Waals surface area contributed by atoms with Crippen LogP contribution in [0.25, 0.3) is 0 Å². The molecule has 5 heteroatoms. The van der Waals surface area contributed by atoms with Crippen molar-refractivity contribution in [2.24, 2.45) is 0 Å². The lowest BCUT2D eigenvalue weighted by Gasteiger charge is -2.12. The molecule has 0 saturated heterocycles. The summed E-state index contributed by atoms with van der Waals surface area (Å²) in [5, 5.41) is 3.46. The monoisotopic (exact) mass is 291 g/mol. The van der Waals surface area contributed by atoms with Gasteiger partial charge in [0, 0.05) is 16.9 Å². The van der Waals surface area contributed by atoms with Crippen molar-refractivity contribution in [1.29, 1.82) is 0 Å². The van der Waals surface area contributed by atoms with Crippen LogP contribution in [0.1, 0.15) is 23.7 Å². The van der Waals surface area contributed by atoms with E-state index in [1.54, 1.807) is 0 Å². The zero-order chi connectivity index (χ0) is 12.1. The lowest BCUT2D eigenvalue weighted by molar-refractivity contribution is 0.0939. The maximum absolute atomic E-state index is 12.9. The maximum Gasteiger partial charge on any atom is 0.251 e. The predicted octanol–water partition coefficient (Wildman–Crippen LogP) is 2.87. The first kappa shape index (κ1) is 13.1. The van der Waals surface area contributed by atoms with E-state index in [-0.39, 0.29) is 11.6 Å². The summed E-state index contributed by atoms with van der Waals surface area (Å²) in [5.41, 5.74) is 0.125. The summed E-state index contributed by atoms with van der Waals surface area (Å²) >= 11 is 3.26.